The molecular formula is C21H43NaO6S. The summed E-state index contributed by atoms with van der Waals surface area (Å²) in [7, 11) is -4.67. The molecule has 29 heavy (non-hydrogen) atoms. The van der Waals surface area contributed by atoms with E-state index in [1.165, 1.54) is 70.6 Å². The first-order chi connectivity index (χ1) is 13.3. The molecule has 8 heteroatoms. The molecule has 0 radical (unpaired) electrons. The zero-order valence-electron chi connectivity index (χ0n) is 17.9. The van der Waals surface area contributed by atoms with Gasteiger partial charge in [0.05, 0.1) is 6.61 Å². The second-order valence-corrected chi connectivity index (χ2v) is 7.90. The molecule has 0 amide bonds. The van der Waals surface area contributed by atoms with E-state index in [0.29, 0.717) is 13.0 Å². The average Bonchev–Trinajstić information content (AvgIpc) is 2.61. The summed E-state index contributed by atoms with van der Waals surface area (Å²) < 4.78 is 36.6. The maximum atomic E-state index is 11.3. The number of rotatable bonds is 17. The molecule has 0 saturated carbocycles. The fourth-order valence-corrected chi connectivity index (χ4v) is 2.63. The Morgan fingerprint density at radius 1 is 0.759 bits per heavy atom. The van der Waals surface area contributed by atoms with Crippen LogP contribution in [0.2, 0.25) is 0 Å². The van der Waals surface area contributed by atoms with Crippen LogP contribution >= 0.6 is 0 Å². The van der Waals surface area contributed by atoms with Gasteiger partial charge in [-0.05, 0) is 38.5 Å². The van der Waals surface area contributed by atoms with Gasteiger partial charge in [-0.15, -0.1) is 0 Å². The molecule has 0 rings (SSSR count). The molecule has 0 atom stereocenters. The fourth-order valence-electron chi connectivity index (χ4n) is 2.63. The van der Waals surface area contributed by atoms with Gasteiger partial charge in [0.15, 0.2) is 0 Å². The third kappa shape index (κ3) is 43.0. The summed E-state index contributed by atoms with van der Waals surface area (Å²) in [5.74, 6) is -0.0236. The summed E-state index contributed by atoms with van der Waals surface area (Å²) >= 11 is 0. The van der Waals surface area contributed by atoms with Gasteiger partial charge in [-0.25, -0.2) is 0 Å². The number of unbranched alkanes of at least 4 members (excludes halogenated alkanes) is 11. The summed E-state index contributed by atoms with van der Waals surface area (Å²) in [6.07, 6.45) is 23.0. The van der Waals surface area contributed by atoms with Crippen LogP contribution in [0.5, 0.6) is 0 Å². The minimum absolute atomic E-state index is 0. The predicted octanol–water partition coefficient (Wildman–Crippen LogP) is 5.68. The fraction of sp³-hybridized carbons (Fsp3) is 0.857. The minimum atomic E-state index is -4.67. The van der Waals surface area contributed by atoms with Crippen LogP contribution in [-0.2, 0) is 19.9 Å². The molecule has 0 aromatic carbocycles. The molecule has 0 spiro atoms. The Bertz CT molecular complexity index is 458. The zero-order valence-corrected chi connectivity index (χ0v) is 18.7. The van der Waals surface area contributed by atoms with Crippen molar-refractivity contribution in [2.24, 2.45) is 0 Å². The summed E-state index contributed by atoms with van der Waals surface area (Å²) in [5.41, 5.74) is 0. The Morgan fingerprint density at radius 2 is 1.17 bits per heavy atom. The Morgan fingerprint density at radius 3 is 1.62 bits per heavy atom. The van der Waals surface area contributed by atoms with Gasteiger partial charge < -0.3 is 4.74 Å². The van der Waals surface area contributed by atoms with Crippen molar-refractivity contribution in [3.05, 3.63) is 12.2 Å². The van der Waals surface area contributed by atoms with Gasteiger partial charge in [-0.1, -0.05) is 77.4 Å². The summed E-state index contributed by atoms with van der Waals surface area (Å²) in [6, 6.07) is 0. The molecule has 0 bridgehead atoms. The van der Waals surface area contributed by atoms with Crippen LogP contribution in [0.4, 0.5) is 0 Å². The van der Waals surface area contributed by atoms with Crippen LogP contribution in [0.3, 0.4) is 0 Å². The standard InChI is InChI=1S/C21H40O2.Na.H2O4S.H/c1-3-5-6-7-8-9-10-11-12-13-14-15-16-17-18-19-21(22)23-20-4-2;;1-5(2,3)4;/h11-12H,3-10,13-20H2,1-2H3;;(H2,1,2,3,4);/b12-11-;;;. The van der Waals surface area contributed by atoms with Crippen LogP contribution in [0, 0.1) is 0 Å². The van der Waals surface area contributed by atoms with Gasteiger partial charge in [0, 0.05) is 6.42 Å². The Balaban J connectivity index is -0.000000997. The predicted molar refractivity (Wildman–Crippen MR) is 122 cm³/mol. The van der Waals surface area contributed by atoms with E-state index in [0.717, 1.165) is 19.3 Å². The maximum absolute atomic E-state index is 11.3. The second-order valence-electron chi connectivity index (χ2n) is 7.00. The van der Waals surface area contributed by atoms with Crippen molar-refractivity contribution in [3.63, 3.8) is 0 Å². The molecule has 0 fully saturated rings. The second kappa shape index (κ2) is 26.1. The molecule has 0 aromatic rings. The van der Waals surface area contributed by atoms with E-state index in [-0.39, 0.29) is 35.5 Å². The van der Waals surface area contributed by atoms with Crippen molar-refractivity contribution >= 4 is 45.9 Å². The third-order valence-electron chi connectivity index (χ3n) is 4.11. The van der Waals surface area contributed by atoms with Crippen molar-refractivity contribution in [1.29, 1.82) is 0 Å². The van der Waals surface area contributed by atoms with Gasteiger partial charge in [-0.3, -0.25) is 13.9 Å². The molecule has 0 heterocycles. The SMILES string of the molecule is CCCCCCCC/C=C\CCCCCCCC(=O)OCCC.O=S(=O)(O)O.[NaH]. The number of hydrogen-bond acceptors (Lipinski definition) is 4. The number of carbonyl (C=O) groups excluding carboxylic acids is 1. The van der Waals surface area contributed by atoms with Crippen molar-refractivity contribution < 1.29 is 27.1 Å². The molecule has 0 unspecified atom stereocenters. The third-order valence-corrected chi connectivity index (χ3v) is 4.11. The zero-order chi connectivity index (χ0) is 21.5. The van der Waals surface area contributed by atoms with E-state index in [4.69, 9.17) is 22.3 Å². The number of hydrogen-bond donors (Lipinski definition) is 2. The van der Waals surface area contributed by atoms with E-state index < -0.39 is 10.4 Å². The molecule has 0 saturated heterocycles. The van der Waals surface area contributed by atoms with E-state index in [2.05, 4.69) is 19.1 Å². The Labute approximate surface area is 201 Å². The van der Waals surface area contributed by atoms with Gasteiger partial charge in [0.1, 0.15) is 0 Å². The first kappa shape index (κ1) is 33.7. The van der Waals surface area contributed by atoms with Crippen molar-refractivity contribution in [2.75, 3.05) is 6.61 Å². The molecule has 170 valence electrons. The van der Waals surface area contributed by atoms with Gasteiger partial charge >= 0.3 is 45.9 Å². The van der Waals surface area contributed by atoms with Gasteiger partial charge in [0.25, 0.3) is 0 Å². The van der Waals surface area contributed by atoms with Crippen molar-refractivity contribution in [3.8, 4) is 0 Å². The topological polar surface area (TPSA) is 101 Å². The monoisotopic (exact) mass is 446 g/mol. The molecule has 0 aliphatic rings. The summed E-state index contributed by atoms with van der Waals surface area (Å²) in [4.78, 5) is 11.3. The number of carbonyl (C=O) groups is 1. The number of ether oxygens (including phenoxy) is 1. The Hall–Kier alpha value is 0.0800. The molecule has 2 N–H and O–H groups in total. The van der Waals surface area contributed by atoms with E-state index in [1.807, 2.05) is 6.92 Å². The molecular weight excluding hydrogens is 403 g/mol. The van der Waals surface area contributed by atoms with Crippen molar-refractivity contribution in [2.45, 2.75) is 110 Å². The van der Waals surface area contributed by atoms with Gasteiger partial charge in [0.2, 0.25) is 0 Å². The molecule has 6 nitrogen and oxygen atoms in total. The number of esters is 1. The number of allylic oxidation sites excluding steroid dienone is 2. The van der Waals surface area contributed by atoms with E-state index >= 15 is 0 Å². The molecule has 0 aromatic heterocycles. The average molecular weight is 447 g/mol. The Kier molecular flexibility index (Phi) is 30.4. The van der Waals surface area contributed by atoms with Crippen LogP contribution in [-0.4, -0.2) is 59.7 Å². The summed E-state index contributed by atoms with van der Waals surface area (Å²) in [5, 5.41) is 0. The van der Waals surface area contributed by atoms with E-state index in [9.17, 15) is 4.79 Å². The van der Waals surface area contributed by atoms with Crippen LogP contribution < -0.4 is 0 Å². The molecule has 0 aliphatic heterocycles. The van der Waals surface area contributed by atoms with Crippen LogP contribution in [0.15, 0.2) is 12.2 Å². The van der Waals surface area contributed by atoms with Crippen molar-refractivity contribution in [1.82, 2.24) is 0 Å². The molecule has 0 aliphatic carbocycles. The van der Waals surface area contributed by atoms with Crippen LogP contribution in [0.25, 0.3) is 0 Å². The first-order valence-corrected chi connectivity index (χ1v) is 12.2. The van der Waals surface area contributed by atoms with Crippen LogP contribution in [0.1, 0.15) is 110 Å². The van der Waals surface area contributed by atoms with E-state index in [1.54, 1.807) is 0 Å². The quantitative estimate of drug-likeness (QED) is 0.0980. The first-order valence-electron chi connectivity index (χ1n) is 10.8. The van der Waals surface area contributed by atoms with Gasteiger partial charge in [-0.2, -0.15) is 8.42 Å². The normalized spacial score (nSPS) is 10.9. The summed E-state index contributed by atoms with van der Waals surface area (Å²) in [6.45, 7) is 4.86.